The van der Waals surface area contributed by atoms with E-state index in [1.807, 2.05) is 13.0 Å². The van der Waals surface area contributed by atoms with Crippen LogP contribution in [0, 0.1) is 6.92 Å². The van der Waals surface area contributed by atoms with Crippen molar-refractivity contribution in [3.05, 3.63) is 78.0 Å². The fourth-order valence-corrected chi connectivity index (χ4v) is 3.58. The van der Waals surface area contributed by atoms with Crippen LogP contribution < -0.4 is 4.72 Å². The number of hydrogen-bond acceptors (Lipinski definition) is 4. The van der Waals surface area contributed by atoms with Crippen LogP contribution in [0.4, 0.5) is 5.69 Å². The summed E-state index contributed by atoms with van der Waals surface area (Å²) in [6, 6.07) is 16.9. The Balaban J connectivity index is 2.08. The van der Waals surface area contributed by atoms with Crippen LogP contribution in [-0.4, -0.2) is 19.2 Å². The highest BCUT2D eigenvalue weighted by atomic mass is 32.2. The molecule has 1 aromatic heterocycles. The zero-order valence-electron chi connectivity index (χ0n) is 14.4. The highest BCUT2D eigenvalue weighted by molar-refractivity contribution is 7.92. The van der Waals surface area contributed by atoms with Gasteiger partial charge in [-0.2, -0.15) is 0 Å². The first-order chi connectivity index (χ1) is 12.4. The Morgan fingerprint density at radius 1 is 1.00 bits per heavy atom. The number of nitrogens with zero attached hydrogens (tertiary/aromatic N) is 1. The molecule has 0 unspecified atom stereocenters. The van der Waals surface area contributed by atoms with Gasteiger partial charge in [0.15, 0.2) is 5.78 Å². The smallest absolute Gasteiger partial charge is 0.261 e. The van der Waals surface area contributed by atoms with E-state index in [-0.39, 0.29) is 10.7 Å². The minimum absolute atomic E-state index is 0.145. The summed E-state index contributed by atoms with van der Waals surface area (Å²) in [5.74, 6) is -0.145. The number of anilines is 1. The van der Waals surface area contributed by atoms with Gasteiger partial charge in [-0.25, -0.2) is 8.42 Å². The van der Waals surface area contributed by atoms with Gasteiger partial charge in [0, 0.05) is 17.3 Å². The molecule has 0 saturated heterocycles. The van der Waals surface area contributed by atoms with E-state index in [9.17, 15) is 13.2 Å². The Kier molecular flexibility index (Phi) is 4.86. The average Bonchev–Trinajstić information content (AvgIpc) is 2.62. The average molecular weight is 366 g/mol. The molecule has 0 spiro atoms. The summed E-state index contributed by atoms with van der Waals surface area (Å²) >= 11 is 0. The first-order valence-electron chi connectivity index (χ1n) is 8.03. The van der Waals surface area contributed by atoms with Gasteiger partial charge in [0.1, 0.15) is 0 Å². The number of nitrogens with one attached hydrogen (secondary N) is 1. The van der Waals surface area contributed by atoms with Crippen molar-refractivity contribution in [2.24, 2.45) is 0 Å². The van der Waals surface area contributed by atoms with Gasteiger partial charge in [-0.1, -0.05) is 29.8 Å². The van der Waals surface area contributed by atoms with Crippen molar-refractivity contribution in [3.63, 3.8) is 0 Å². The Morgan fingerprint density at radius 2 is 1.73 bits per heavy atom. The van der Waals surface area contributed by atoms with Crippen molar-refractivity contribution in [1.82, 2.24) is 4.98 Å². The van der Waals surface area contributed by atoms with E-state index in [1.165, 1.54) is 13.0 Å². The van der Waals surface area contributed by atoms with Crippen LogP contribution in [0.25, 0.3) is 11.3 Å². The third-order valence-corrected chi connectivity index (χ3v) is 5.32. The molecule has 132 valence electrons. The number of carbonyl (C=O) groups is 1. The van der Waals surface area contributed by atoms with Gasteiger partial charge in [-0.3, -0.25) is 14.5 Å². The number of pyridine rings is 1. The van der Waals surface area contributed by atoms with Gasteiger partial charge in [0.25, 0.3) is 10.0 Å². The summed E-state index contributed by atoms with van der Waals surface area (Å²) in [5.41, 5.74) is 2.93. The molecule has 0 atom stereocenters. The topological polar surface area (TPSA) is 76.1 Å². The molecule has 0 amide bonds. The van der Waals surface area contributed by atoms with Crippen LogP contribution in [0.3, 0.4) is 0 Å². The molecule has 26 heavy (non-hydrogen) atoms. The number of rotatable bonds is 5. The predicted octanol–water partition coefficient (Wildman–Crippen LogP) is 4.06. The number of aromatic nitrogens is 1. The van der Waals surface area contributed by atoms with Gasteiger partial charge in [-0.15, -0.1) is 0 Å². The van der Waals surface area contributed by atoms with E-state index in [0.29, 0.717) is 22.5 Å². The van der Waals surface area contributed by atoms with Crippen molar-refractivity contribution in [1.29, 1.82) is 0 Å². The van der Waals surface area contributed by atoms with E-state index in [0.717, 1.165) is 5.56 Å². The second kappa shape index (κ2) is 7.09. The number of hydrogen-bond donors (Lipinski definition) is 1. The molecule has 2 aromatic carbocycles. The second-order valence-corrected chi connectivity index (χ2v) is 7.63. The minimum Gasteiger partial charge on any atom is -0.295 e. The van der Waals surface area contributed by atoms with Crippen LogP contribution >= 0.6 is 0 Å². The zero-order valence-corrected chi connectivity index (χ0v) is 15.2. The molecule has 3 rings (SSSR count). The van der Waals surface area contributed by atoms with E-state index in [1.54, 1.807) is 54.7 Å². The number of Topliss-reactive ketones (excluding diaryl/α,β-unsaturated/α-hetero) is 1. The summed E-state index contributed by atoms with van der Waals surface area (Å²) in [7, 11) is -3.79. The van der Waals surface area contributed by atoms with Crippen molar-refractivity contribution in [2.75, 3.05) is 4.72 Å². The lowest BCUT2D eigenvalue weighted by molar-refractivity contribution is 0.101. The highest BCUT2D eigenvalue weighted by Gasteiger charge is 2.18. The van der Waals surface area contributed by atoms with Gasteiger partial charge >= 0.3 is 0 Å². The standard InChI is InChI=1S/C20H18N2O3S/c1-14-6-9-17(10-7-14)26(24,25)22-20-13-16(15(2)23)8-11-18(20)19-5-3-4-12-21-19/h3-13,22H,1-2H3. The van der Waals surface area contributed by atoms with E-state index >= 15 is 0 Å². The number of carbonyl (C=O) groups excluding carboxylic acids is 1. The van der Waals surface area contributed by atoms with E-state index in [2.05, 4.69) is 9.71 Å². The molecule has 0 aliphatic carbocycles. The summed E-state index contributed by atoms with van der Waals surface area (Å²) in [4.78, 5) is 16.2. The molecular formula is C20H18N2O3S. The number of aryl methyl sites for hydroxylation is 1. The molecule has 6 heteroatoms. The van der Waals surface area contributed by atoms with Gasteiger partial charge in [0.05, 0.1) is 16.3 Å². The molecule has 0 bridgehead atoms. The quantitative estimate of drug-likeness (QED) is 0.691. The molecule has 0 fully saturated rings. The summed E-state index contributed by atoms with van der Waals surface area (Å²) in [5, 5.41) is 0. The van der Waals surface area contributed by atoms with Gasteiger partial charge in [0.2, 0.25) is 0 Å². The van der Waals surface area contributed by atoms with Gasteiger partial charge < -0.3 is 0 Å². The normalized spacial score (nSPS) is 11.2. The first kappa shape index (κ1) is 17.8. The predicted molar refractivity (Wildman–Crippen MR) is 102 cm³/mol. The van der Waals surface area contributed by atoms with Crippen molar-refractivity contribution in [3.8, 4) is 11.3 Å². The van der Waals surface area contributed by atoms with Crippen molar-refractivity contribution < 1.29 is 13.2 Å². The molecule has 1 N–H and O–H groups in total. The maximum absolute atomic E-state index is 12.8. The SMILES string of the molecule is CC(=O)c1ccc(-c2ccccn2)c(NS(=O)(=O)c2ccc(C)cc2)c1. The number of ketones is 1. The molecule has 1 heterocycles. The van der Waals surface area contributed by atoms with Crippen LogP contribution in [0.5, 0.6) is 0 Å². The monoisotopic (exact) mass is 366 g/mol. The number of benzene rings is 2. The molecule has 3 aromatic rings. The van der Waals surface area contributed by atoms with E-state index in [4.69, 9.17) is 0 Å². The first-order valence-corrected chi connectivity index (χ1v) is 9.51. The van der Waals surface area contributed by atoms with Crippen LogP contribution in [0.1, 0.15) is 22.8 Å². The maximum atomic E-state index is 12.8. The summed E-state index contributed by atoms with van der Waals surface area (Å²) in [6.07, 6.45) is 1.63. The highest BCUT2D eigenvalue weighted by Crippen LogP contribution is 2.29. The minimum atomic E-state index is -3.79. The summed E-state index contributed by atoms with van der Waals surface area (Å²) < 4.78 is 28.1. The Labute approximate surface area is 152 Å². The lowest BCUT2D eigenvalue weighted by Crippen LogP contribution is -2.14. The molecule has 0 radical (unpaired) electrons. The Morgan fingerprint density at radius 3 is 2.35 bits per heavy atom. The van der Waals surface area contributed by atoms with E-state index < -0.39 is 10.0 Å². The largest absolute Gasteiger partial charge is 0.295 e. The Hall–Kier alpha value is -2.99. The molecule has 0 aliphatic rings. The molecule has 5 nitrogen and oxygen atoms in total. The van der Waals surface area contributed by atoms with Gasteiger partial charge in [-0.05, 0) is 50.2 Å². The zero-order chi connectivity index (χ0) is 18.7. The second-order valence-electron chi connectivity index (χ2n) is 5.95. The lowest BCUT2D eigenvalue weighted by Gasteiger charge is -2.14. The molecule has 0 aliphatic heterocycles. The van der Waals surface area contributed by atoms with Crippen molar-refractivity contribution >= 4 is 21.5 Å². The maximum Gasteiger partial charge on any atom is 0.261 e. The third kappa shape index (κ3) is 3.81. The fourth-order valence-electron chi connectivity index (χ4n) is 2.51. The van der Waals surface area contributed by atoms with Crippen LogP contribution in [0.15, 0.2) is 71.8 Å². The lowest BCUT2D eigenvalue weighted by atomic mass is 10.0. The van der Waals surface area contributed by atoms with Crippen molar-refractivity contribution in [2.45, 2.75) is 18.7 Å². The van der Waals surface area contributed by atoms with Crippen LogP contribution in [-0.2, 0) is 10.0 Å². The van der Waals surface area contributed by atoms with Crippen LogP contribution in [0.2, 0.25) is 0 Å². The molecule has 0 saturated carbocycles. The summed E-state index contributed by atoms with van der Waals surface area (Å²) in [6.45, 7) is 3.33. The third-order valence-electron chi connectivity index (χ3n) is 3.94. The fraction of sp³-hybridized carbons (Fsp3) is 0.100. The Bertz CT molecular complexity index is 1040. The number of sulfonamides is 1. The molecular weight excluding hydrogens is 348 g/mol.